The number of nitrogens with two attached hydrogens (primary N) is 1. The maximum atomic E-state index is 12.6. The van der Waals surface area contributed by atoms with E-state index in [4.69, 9.17) is 5.73 Å². The first kappa shape index (κ1) is 12.1. The number of hydrogen-bond donors (Lipinski definition) is 1. The molecule has 2 aromatic rings. The lowest BCUT2D eigenvalue weighted by atomic mass is 9.65. The van der Waals surface area contributed by atoms with Gasteiger partial charge in [-0.05, 0) is 24.1 Å². The molecule has 0 atom stereocenters. The maximum absolute atomic E-state index is 12.6. The van der Waals surface area contributed by atoms with Gasteiger partial charge < -0.3 is 5.73 Å². The van der Waals surface area contributed by atoms with Gasteiger partial charge in [0.05, 0.1) is 0 Å². The molecule has 0 bridgehead atoms. The van der Waals surface area contributed by atoms with Crippen LogP contribution < -0.4 is 5.73 Å². The summed E-state index contributed by atoms with van der Waals surface area (Å²) >= 11 is 0. The number of benzene rings is 2. The van der Waals surface area contributed by atoms with Crippen LogP contribution in [-0.4, -0.2) is 12.3 Å². The van der Waals surface area contributed by atoms with E-state index in [1.807, 2.05) is 36.4 Å². The molecule has 0 unspecified atom stereocenters. The van der Waals surface area contributed by atoms with E-state index in [0.717, 1.165) is 28.7 Å². The van der Waals surface area contributed by atoms with Gasteiger partial charge in [0.2, 0.25) is 0 Å². The zero-order chi connectivity index (χ0) is 13.5. The van der Waals surface area contributed by atoms with E-state index in [-0.39, 0.29) is 11.2 Å². The molecule has 19 heavy (non-hydrogen) atoms. The second kappa shape index (κ2) is 4.32. The summed E-state index contributed by atoms with van der Waals surface area (Å²) in [6, 6.07) is 15.8. The van der Waals surface area contributed by atoms with Crippen LogP contribution >= 0.6 is 0 Å². The predicted octanol–water partition coefficient (Wildman–Crippen LogP) is 2.89. The van der Waals surface area contributed by atoms with Crippen molar-refractivity contribution in [2.45, 2.75) is 18.8 Å². The minimum absolute atomic E-state index is 0.126. The summed E-state index contributed by atoms with van der Waals surface area (Å²) in [6.07, 6.45) is 0.842. The Morgan fingerprint density at radius 3 is 1.89 bits per heavy atom. The largest absolute Gasteiger partial charge is 0.330 e. The fourth-order valence-electron chi connectivity index (χ4n) is 3.17. The molecule has 2 heteroatoms. The first-order valence-electron chi connectivity index (χ1n) is 6.62. The maximum Gasteiger partial charge on any atom is 0.193 e. The van der Waals surface area contributed by atoms with E-state index < -0.39 is 0 Å². The zero-order valence-electron chi connectivity index (χ0n) is 11.0. The van der Waals surface area contributed by atoms with Crippen molar-refractivity contribution < 1.29 is 4.79 Å². The smallest absolute Gasteiger partial charge is 0.193 e. The van der Waals surface area contributed by atoms with Crippen LogP contribution in [0.15, 0.2) is 48.5 Å². The molecular weight excluding hydrogens is 234 g/mol. The average Bonchev–Trinajstić information content (AvgIpc) is 2.46. The highest BCUT2D eigenvalue weighted by atomic mass is 16.1. The molecule has 2 aromatic carbocycles. The Morgan fingerprint density at radius 1 is 0.947 bits per heavy atom. The average molecular weight is 251 g/mol. The standard InChI is InChI=1S/C17H17NO/c1-17(10-11-18)14-8-4-2-6-12(14)16(19)13-7-3-5-9-15(13)17/h2-9H,10-11,18H2,1H3. The van der Waals surface area contributed by atoms with Crippen molar-refractivity contribution in [3.05, 3.63) is 70.8 Å². The van der Waals surface area contributed by atoms with Crippen molar-refractivity contribution in [3.8, 4) is 0 Å². The second-order valence-electron chi connectivity index (χ2n) is 5.29. The lowest BCUT2D eigenvalue weighted by Crippen LogP contribution is -2.34. The Kier molecular flexibility index (Phi) is 2.76. The third kappa shape index (κ3) is 1.64. The molecule has 0 aromatic heterocycles. The van der Waals surface area contributed by atoms with Crippen molar-refractivity contribution >= 4 is 5.78 Å². The number of hydrogen-bond acceptors (Lipinski definition) is 2. The summed E-state index contributed by atoms with van der Waals surface area (Å²) in [5.74, 6) is 0.126. The van der Waals surface area contributed by atoms with Gasteiger partial charge in [-0.1, -0.05) is 55.5 Å². The van der Waals surface area contributed by atoms with E-state index in [1.165, 1.54) is 0 Å². The third-order valence-electron chi connectivity index (χ3n) is 4.18. The summed E-state index contributed by atoms with van der Waals surface area (Å²) in [7, 11) is 0. The Bertz CT molecular complexity index is 596. The van der Waals surface area contributed by atoms with Crippen LogP contribution in [-0.2, 0) is 5.41 Å². The number of rotatable bonds is 2. The van der Waals surface area contributed by atoms with E-state index in [9.17, 15) is 4.79 Å². The van der Waals surface area contributed by atoms with Crippen LogP contribution in [0.25, 0.3) is 0 Å². The van der Waals surface area contributed by atoms with Crippen LogP contribution in [0.1, 0.15) is 40.4 Å². The number of ketones is 1. The normalized spacial score (nSPS) is 15.8. The van der Waals surface area contributed by atoms with Gasteiger partial charge in [0, 0.05) is 16.5 Å². The minimum atomic E-state index is -0.171. The van der Waals surface area contributed by atoms with Crippen LogP contribution in [0, 0.1) is 0 Å². The molecule has 0 heterocycles. The van der Waals surface area contributed by atoms with Crippen molar-refractivity contribution in [3.63, 3.8) is 0 Å². The Labute approximate surface area is 113 Å². The number of carbonyl (C=O) groups excluding carboxylic acids is 1. The van der Waals surface area contributed by atoms with Gasteiger partial charge in [-0.2, -0.15) is 0 Å². The fourth-order valence-corrected chi connectivity index (χ4v) is 3.17. The van der Waals surface area contributed by atoms with Crippen molar-refractivity contribution in [1.82, 2.24) is 0 Å². The molecule has 0 aliphatic heterocycles. The van der Waals surface area contributed by atoms with Crippen LogP contribution in [0.4, 0.5) is 0 Å². The first-order chi connectivity index (χ1) is 9.18. The van der Waals surface area contributed by atoms with E-state index in [2.05, 4.69) is 19.1 Å². The van der Waals surface area contributed by atoms with Gasteiger partial charge in [0.1, 0.15) is 0 Å². The highest BCUT2D eigenvalue weighted by Gasteiger charge is 2.38. The molecule has 0 saturated carbocycles. The monoisotopic (exact) mass is 251 g/mol. The molecule has 2 N–H and O–H groups in total. The second-order valence-corrected chi connectivity index (χ2v) is 5.29. The van der Waals surface area contributed by atoms with Gasteiger partial charge in [-0.3, -0.25) is 4.79 Å². The molecule has 1 aliphatic carbocycles. The molecule has 0 spiro atoms. The Balaban J connectivity index is 2.33. The molecule has 2 nitrogen and oxygen atoms in total. The van der Waals surface area contributed by atoms with Crippen molar-refractivity contribution in [1.29, 1.82) is 0 Å². The van der Waals surface area contributed by atoms with Gasteiger partial charge in [0.25, 0.3) is 0 Å². The van der Waals surface area contributed by atoms with Crippen LogP contribution in [0.2, 0.25) is 0 Å². The molecule has 0 radical (unpaired) electrons. The van der Waals surface area contributed by atoms with E-state index in [0.29, 0.717) is 6.54 Å². The summed E-state index contributed by atoms with van der Waals surface area (Å²) in [5, 5.41) is 0. The Hall–Kier alpha value is -1.93. The van der Waals surface area contributed by atoms with Crippen LogP contribution in [0.5, 0.6) is 0 Å². The summed E-state index contributed by atoms with van der Waals surface area (Å²) in [4.78, 5) is 12.6. The van der Waals surface area contributed by atoms with Crippen LogP contribution in [0.3, 0.4) is 0 Å². The lowest BCUT2D eigenvalue weighted by Gasteiger charge is -2.37. The summed E-state index contributed by atoms with van der Waals surface area (Å²) < 4.78 is 0. The van der Waals surface area contributed by atoms with Crippen molar-refractivity contribution in [2.24, 2.45) is 5.73 Å². The molecule has 0 saturated heterocycles. The highest BCUT2D eigenvalue weighted by molar-refractivity contribution is 6.13. The quantitative estimate of drug-likeness (QED) is 0.891. The summed E-state index contributed by atoms with van der Waals surface area (Å²) in [6.45, 7) is 2.79. The topological polar surface area (TPSA) is 43.1 Å². The SMILES string of the molecule is CC1(CCN)c2ccccc2C(=O)c2ccccc21. The highest BCUT2D eigenvalue weighted by Crippen LogP contribution is 2.43. The van der Waals surface area contributed by atoms with Gasteiger partial charge >= 0.3 is 0 Å². The van der Waals surface area contributed by atoms with Gasteiger partial charge in [-0.15, -0.1) is 0 Å². The van der Waals surface area contributed by atoms with E-state index in [1.54, 1.807) is 0 Å². The van der Waals surface area contributed by atoms with Gasteiger partial charge in [0.15, 0.2) is 5.78 Å². The van der Waals surface area contributed by atoms with Gasteiger partial charge in [-0.25, -0.2) is 0 Å². The Morgan fingerprint density at radius 2 is 1.42 bits per heavy atom. The predicted molar refractivity (Wildman–Crippen MR) is 76.4 cm³/mol. The third-order valence-corrected chi connectivity index (χ3v) is 4.18. The fraction of sp³-hybridized carbons (Fsp3) is 0.235. The molecule has 0 fully saturated rings. The minimum Gasteiger partial charge on any atom is -0.330 e. The lowest BCUT2D eigenvalue weighted by molar-refractivity contribution is 0.103. The molecular formula is C17H17NO. The van der Waals surface area contributed by atoms with Crippen molar-refractivity contribution in [2.75, 3.05) is 6.54 Å². The number of fused-ring (bicyclic) bond motifs is 2. The molecule has 96 valence electrons. The first-order valence-corrected chi connectivity index (χ1v) is 6.62. The van der Waals surface area contributed by atoms with E-state index >= 15 is 0 Å². The summed E-state index contributed by atoms with van der Waals surface area (Å²) in [5.41, 5.74) is 9.47. The zero-order valence-corrected chi connectivity index (χ0v) is 11.0. The molecule has 3 rings (SSSR count). The molecule has 1 aliphatic rings. The molecule has 0 amide bonds. The number of carbonyl (C=O) groups is 1.